The Bertz CT molecular complexity index is 1240. The van der Waals surface area contributed by atoms with Gasteiger partial charge in [-0.1, -0.05) is 11.6 Å². The van der Waals surface area contributed by atoms with E-state index < -0.39 is 10.0 Å². The van der Waals surface area contributed by atoms with Crippen LogP contribution in [0, 0.1) is 0 Å². The summed E-state index contributed by atoms with van der Waals surface area (Å²) in [5, 5.41) is 3.17. The van der Waals surface area contributed by atoms with Crippen molar-refractivity contribution in [3.8, 4) is 28.5 Å². The number of hydrogen-bond acceptors (Lipinski definition) is 8. The van der Waals surface area contributed by atoms with E-state index in [1.54, 1.807) is 26.4 Å². The summed E-state index contributed by atoms with van der Waals surface area (Å²) in [5.41, 5.74) is 1.75. The van der Waals surface area contributed by atoms with Crippen LogP contribution >= 0.6 is 22.9 Å². The maximum absolute atomic E-state index is 13.2. The lowest BCUT2D eigenvalue weighted by Crippen LogP contribution is -2.48. The van der Waals surface area contributed by atoms with Gasteiger partial charge in [0.2, 0.25) is 10.0 Å². The highest BCUT2D eigenvalue weighted by molar-refractivity contribution is 7.89. The first kappa shape index (κ1) is 23.6. The molecule has 0 unspecified atom stereocenters. The molecular formula is C22H24ClN3O5S2. The molecule has 8 nitrogen and oxygen atoms in total. The highest BCUT2D eigenvalue weighted by Crippen LogP contribution is 2.35. The number of benzene rings is 2. The molecular weight excluding hydrogens is 486 g/mol. The van der Waals surface area contributed by atoms with Gasteiger partial charge < -0.3 is 19.1 Å². The van der Waals surface area contributed by atoms with Crippen molar-refractivity contribution in [3.63, 3.8) is 0 Å². The second-order valence-corrected chi connectivity index (χ2v) is 10.5. The van der Waals surface area contributed by atoms with Crippen LogP contribution in [0.2, 0.25) is 5.02 Å². The normalized spacial score (nSPS) is 14.8. The molecule has 0 N–H and O–H groups in total. The molecule has 0 amide bonds. The van der Waals surface area contributed by atoms with Gasteiger partial charge >= 0.3 is 0 Å². The Morgan fingerprint density at radius 3 is 2.24 bits per heavy atom. The van der Waals surface area contributed by atoms with Gasteiger partial charge in [-0.2, -0.15) is 4.31 Å². The Hall–Kier alpha value is -2.53. The predicted octanol–water partition coefficient (Wildman–Crippen LogP) is 4.00. The molecule has 4 rings (SSSR count). The maximum Gasteiger partial charge on any atom is 0.246 e. The standard InChI is InChI=1S/C22H24ClN3O5S2/c1-29-18-6-4-15(12-20(18)31-3)17-14-32-22(24-17)25-8-10-26(11-9-25)33(27,28)21-13-16(23)5-7-19(21)30-2/h4-7,12-14H,8-11H2,1-3H3. The molecule has 176 valence electrons. The number of ether oxygens (including phenoxy) is 3. The van der Waals surface area contributed by atoms with Crippen molar-refractivity contribution < 1.29 is 22.6 Å². The summed E-state index contributed by atoms with van der Waals surface area (Å²) in [6, 6.07) is 10.3. The van der Waals surface area contributed by atoms with Gasteiger partial charge in [0.15, 0.2) is 16.6 Å². The molecule has 2 heterocycles. The van der Waals surface area contributed by atoms with E-state index in [4.69, 9.17) is 30.8 Å². The minimum atomic E-state index is -3.73. The fourth-order valence-electron chi connectivity index (χ4n) is 3.65. The molecule has 0 saturated carbocycles. The lowest BCUT2D eigenvalue weighted by atomic mass is 10.1. The number of hydrogen-bond donors (Lipinski definition) is 0. The lowest BCUT2D eigenvalue weighted by molar-refractivity contribution is 0.355. The summed E-state index contributed by atoms with van der Waals surface area (Å²) < 4.78 is 43.8. The Balaban J connectivity index is 1.48. The first-order valence-electron chi connectivity index (χ1n) is 10.1. The second kappa shape index (κ2) is 9.76. The number of aromatic nitrogens is 1. The van der Waals surface area contributed by atoms with Gasteiger partial charge in [0, 0.05) is 42.1 Å². The molecule has 1 saturated heterocycles. The third-order valence-electron chi connectivity index (χ3n) is 5.42. The van der Waals surface area contributed by atoms with E-state index in [2.05, 4.69) is 4.90 Å². The van der Waals surface area contributed by atoms with Crippen molar-refractivity contribution >= 4 is 38.1 Å². The first-order valence-corrected chi connectivity index (χ1v) is 12.8. The lowest BCUT2D eigenvalue weighted by Gasteiger charge is -2.34. The third-order valence-corrected chi connectivity index (χ3v) is 8.48. The average molecular weight is 510 g/mol. The topological polar surface area (TPSA) is 81.2 Å². The monoisotopic (exact) mass is 509 g/mol. The SMILES string of the molecule is COc1ccc(-c2csc(N3CCN(S(=O)(=O)c4cc(Cl)ccc4OC)CC3)n2)cc1OC. The maximum atomic E-state index is 13.2. The van der Waals surface area contributed by atoms with Crippen LogP contribution in [0.3, 0.4) is 0 Å². The van der Waals surface area contributed by atoms with E-state index in [1.165, 1.54) is 28.8 Å². The number of nitrogens with zero attached hydrogens (tertiary/aromatic N) is 3. The van der Waals surface area contributed by atoms with Crippen LogP contribution < -0.4 is 19.1 Å². The fraction of sp³-hybridized carbons (Fsp3) is 0.318. The number of rotatable bonds is 7. The Morgan fingerprint density at radius 1 is 0.909 bits per heavy atom. The molecule has 11 heteroatoms. The van der Waals surface area contributed by atoms with Crippen molar-refractivity contribution in [1.29, 1.82) is 0 Å². The van der Waals surface area contributed by atoms with Gasteiger partial charge in [0.05, 0.1) is 27.0 Å². The fourth-order valence-corrected chi connectivity index (χ4v) is 6.38. The van der Waals surface area contributed by atoms with Crippen LogP contribution in [0.1, 0.15) is 0 Å². The van der Waals surface area contributed by atoms with Gasteiger partial charge in [-0.3, -0.25) is 0 Å². The highest BCUT2D eigenvalue weighted by atomic mass is 35.5. The molecule has 1 aliphatic heterocycles. The molecule has 3 aromatic rings. The first-order chi connectivity index (χ1) is 15.9. The van der Waals surface area contributed by atoms with Gasteiger partial charge in [-0.15, -0.1) is 11.3 Å². The zero-order valence-corrected chi connectivity index (χ0v) is 20.8. The number of sulfonamides is 1. The Kier molecular flexibility index (Phi) is 6.99. The van der Waals surface area contributed by atoms with Gasteiger partial charge in [-0.25, -0.2) is 13.4 Å². The zero-order valence-electron chi connectivity index (χ0n) is 18.4. The Morgan fingerprint density at radius 2 is 1.58 bits per heavy atom. The van der Waals surface area contributed by atoms with Gasteiger partial charge in [0.25, 0.3) is 0 Å². The van der Waals surface area contributed by atoms with Crippen molar-refractivity contribution in [2.45, 2.75) is 4.90 Å². The quantitative estimate of drug-likeness (QED) is 0.476. The van der Waals surface area contributed by atoms with Crippen LogP contribution in [-0.2, 0) is 10.0 Å². The van der Waals surface area contributed by atoms with Crippen molar-refractivity contribution in [2.75, 3.05) is 52.4 Å². The van der Waals surface area contributed by atoms with Crippen LogP contribution in [0.25, 0.3) is 11.3 Å². The molecule has 0 aliphatic carbocycles. The predicted molar refractivity (Wildman–Crippen MR) is 130 cm³/mol. The van der Waals surface area contributed by atoms with Crippen LogP contribution in [0.15, 0.2) is 46.7 Å². The van der Waals surface area contributed by atoms with Gasteiger partial charge in [0.1, 0.15) is 10.6 Å². The summed E-state index contributed by atoms with van der Waals surface area (Å²) in [6.45, 7) is 1.73. The number of halogens is 1. The molecule has 0 bridgehead atoms. The van der Waals surface area contributed by atoms with E-state index in [1.807, 2.05) is 23.6 Å². The average Bonchev–Trinajstić information content (AvgIpc) is 3.34. The molecule has 0 spiro atoms. The highest BCUT2D eigenvalue weighted by Gasteiger charge is 2.31. The second-order valence-electron chi connectivity index (χ2n) is 7.27. The van der Waals surface area contributed by atoms with E-state index in [9.17, 15) is 8.42 Å². The summed E-state index contributed by atoms with van der Waals surface area (Å²) in [6.07, 6.45) is 0. The summed E-state index contributed by atoms with van der Waals surface area (Å²) in [7, 11) is 0.908. The summed E-state index contributed by atoms with van der Waals surface area (Å²) >= 11 is 7.57. The number of piperazine rings is 1. The molecule has 0 radical (unpaired) electrons. The Labute approximate surface area is 202 Å². The summed E-state index contributed by atoms with van der Waals surface area (Å²) in [5.74, 6) is 1.58. The minimum absolute atomic E-state index is 0.0796. The molecule has 33 heavy (non-hydrogen) atoms. The molecule has 1 aromatic heterocycles. The van der Waals surface area contributed by atoms with Crippen molar-refractivity contribution in [2.24, 2.45) is 0 Å². The molecule has 2 aromatic carbocycles. The zero-order chi connectivity index (χ0) is 23.6. The van der Waals surface area contributed by atoms with E-state index in [-0.39, 0.29) is 10.6 Å². The summed E-state index contributed by atoms with van der Waals surface area (Å²) in [4.78, 5) is 6.94. The number of anilines is 1. The van der Waals surface area contributed by atoms with Crippen LogP contribution in [-0.4, -0.2) is 65.2 Å². The molecule has 1 fully saturated rings. The van der Waals surface area contributed by atoms with Crippen LogP contribution in [0.5, 0.6) is 17.2 Å². The van der Waals surface area contributed by atoms with Crippen molar-refractivity contribution in [1.82, 2.24) is 9.29 Å². The van der Waals surface area contributed by atoms with Crippen molar-refractivity contribution in [3.05, 3.63) is 46.8 Å². The molecule has 0 atom stereocenters. The number of thiazole rings is 1. The van der Waals surface area contributed by atoms with E-state index in [0.29, 0.717) is 42.7 Å². The number of methoxy groups -OCH3 is 3. The van der Waals surface area contributed by atoms with E-state index >= 15 is 0 Å². The smallest absolute Gasteiger partial charge is 0.246 e. The van der Waals surface area contributed by atoms with Crippen LogP contribution in [0.4, 0.5) is 5.13 Å². The minimum Gasteiger partial charge on any atom is -0.495 e. The van der Waals surface area contributed by atoms with E-state index in [0.717, 1.165) is 16.4 Å². The van der Waals surface area contributed by atoms with Gasteiger partial charge in [-0.05, 0) is 36.4 Å². The largest absolute Gasteiger partial charge is 0.495 e. The molecule has 1 aliphatic rings. The third kappa shape index (κ3) is 4.74.